The van der Waals surface area contributed by atoms with Crippen LogP contribution < -0.4 is 11.1 Å². The number of rotatable bonds is 7. The molecule has 0 spiro atoms. The molecule has 3 N–H and O–H groups in total. The van der Waals surface area contributed by atoms with E-state index in [1.165, 1.54) is 16.8 Å². The third kappa shape index (κ3) is 7.52. The second-order valence-corrected chi connectivity index (χ2v) is 9.24. The Balaban J connectivity index is 1.49. The highest BCUT2D eigenvalue weighted by Crippen LogP contribution is 2.22. The van der Waals surface area contributed by atoms with Crippen LogP contribution in [-0.4, -0.2) is 36.3 Å². The minimum Gasteiger partial charge on any atom is -0.383 e. The number of amidine groups is 1. The minimum atomic E-state index is -0.0974. The molecular formula is C30H36N4O. The van der Waals surface area contributed by atoms with E-state index in [0.717, 1.165) is 63.9 Å². The molecule has 3 aliphatic rings. The molecule has 1 amide bonds. The summed E-state index contributed by atoms with van der Waals surface area (Å²) in [5.74, 6) is 0.189. The molecule has 1 aromatic carbocycles. The Morgan fingerprint density at radius 1 is 1.00 bits per heavy atom. The topological polar surface area (TPSA) is 70.7 Å². The Morgan fingerprint density at radius 2 is 1.80 bits per heavy atom. The summed E-state index contributed by atoms with van der Waals surface area (Å²) in [6.07, 6.45) is 23.5. The van der Waals surface area contributed by atoms with Crippen LogP contribution in [0, 0.1) is 5.92 Å². The summed E-state index contributed by atoms with van der Waals surface area (Å²) in [5.41, 5.74) is 11.0. The predicted octanol–water partition coefficient (Wildman–Crippen LogP) is 4.97. The predicted molar refractivity (Wildman–Crippen MR) is 145 cm³/mol. The number of nitrogens with zero attached hydrogens (tertiary/aromatic N) is 2. The number of allylic oxidation sites excluding steroid dienone is 8. The molecule has 0 saturated carbocycles. The molecule has 1 saturated heterocycles. The van der Waals surface area contributed by atoms with Crippen molar-refractivity contribution in [2.75, 3.05) is 19.6 Å². The van der Waals surface area contributed by atoms with E-state index in [-0.39, 0.29) is 11.8 Å². The summed E-state index contributed by atoms with van der Waals surface area (Å²) in [4.78, 5) is 19.3. The number of piperidine rings is 1. The molecule has 5 nitrogen and oxygen atoms in total. The average Bonchev–Trinajstić information content (AvgIpc) is 3.13. The van der Waals surface area contributed by atoms with Crippen molar-refractivity contribution in [1.82, 2.24) is 10.2 Å². The molecule has 0 bridgehead atoms. The molecule has 0 atom stereocenters. The maximum absolute atomic E-state index is 12.6. The lowest BCUT2D eigenvalue weighted by Crippen LogP contribution is -2.32. The zero-order valence-corrected chi connectivity index (χ0v) is 20.4. The first kappa shape index (κ1) is 24.7. The third-order valence-corrected chi connectivity index (χ3v) is 6.63. The molecule has 0 aromatic heterocycles. The normalized spacial score (nSPS) is 21.6. The largest absolute Gasteiger partial charge is 0.383 e. The molecule has 1 fully saturated rings. The fourth-order valence-corrected chi connectivity index (χ4v) is 4.59. The van der Waals surface area contributed by atoms with E-state index in [1.807, 2.05) is 12.2 Å². The van der Waals surface area contributed by atoms with Crippen LogP contribution in [0.15, 0.2) is 107 Å². The van der Waals surface area contributed by atoms with Gasteiger partial charge in [-0.25, -0.2) is 0 Å². The standard InChI is InChI=1S/C30H36N4O/c31-29(33-30(35)27-18-20-32-21-19-27)26-14-9-15-28(17-16-26)34(23-25-12-7-4-8-13-25)22-24-10-5-2-1-3-6-11-24/h1-5,7-9,11-16,27,32H,6,10,17-23H2,(H2,31,33,35)/b3-1-,5-2?,24-11+. The molecular weight excluding hydrogens is 432 g/mol. The molecule has 4 rings (SSSR count). The van der Waals surface area contributed by atoms with Crippen molar-refractivity contribution in [2.24, 2.45) is 16.6 Å². The van der Waals surface area contributed by atoms with E-state index in [0.29, 0.717) is 5.84 Å². The van der Waals surface area contributed by atoms with Gasteiger partial charge >= 0.3 is 0 Å². The van der Waals surface area contributed by atoms with E-state index in [2.05, 4.69) is 88.1 Å². The van der Waals surface area contributed by atoms with E-state index < -0.39 is 0 Å². The molecule has 2 aliphatic carbocycles. The fourth-order valence-electron chi connectivity index (χ4n) is 4.59. The monoisotopic (exact) mass is 468 g/mol. The quantitative estimate of drug-likeness (QED) is 0.337. The minimum absolute atomic E-state index is 0.0267. The molecule has 1 heterocycles. The third-order valence-electron chi connectivity index (χ3n) is 6.63. The lowest BCUT2D eigenvalue weighted by Gasteiger charge is -2.28. The second kappa shape index (κ2) is 12.9. The smallest absolute Gasteiger partial charge is 0.250 e. The van der Waals surface area contributed by atoms with E-state index in [4.69, 9.17) is 5.73 Å². The van der Waals surface area contributed by atoms with Crippen molar-refractivity contribution in [2.45, 2.75) is 38.6 Å². The lowest BCUT2D eigenvalue weighted by molar-refractivity contribution is -0.122. The average molecular weight is 469 g/mol. The Kier molecular flexibility index (Phi) is 9.07. The number of amides is 1. The van der Waals surface area contributed by atoms with Crippen LogP contribution in [0.4, 0.5) is 0 Å². The van der Waals surface area contributed by atoms with Crippen molar-refractivity contribution in [3.8, 4) is 0 Å². The summed E-state index contributed by atoms with van der Waals surface area (Å²) >= 11 is 0. The summed E-state index contributed by atoms with van der Waals surface area (Å²) in [6.45, 7) is 3.43. The lowest BCUT2D eigenvalue weighted by atomic mass is 9.97. The van der Waals surface area contributed by atoms with Crippen LogP contribution in [0.2, 0.25) is 0 Å². The van der Waals surface area contributed by atoms with Crippen LogP contribution in [0.1, 0.15) is 37.7 Å². The highest BCUT2D eigenvalue weighted by atomic mass is 16.1. The maximum Gasteiger partial charge on any atom is 0.250 e. The molecule has 1 aliphatic heterocycles. The Hall–Kier alpha value is -3.44. The number of nitrogens with two attached hydrogens (primary N) is 1. The number of carbonyl (C=O) groups excluding carboxylic acids is 1. The van der Waals surface area contributed by atoms with E-state index in [9.17, 15) is 4.79 Å². The highest BCUT2D eigenvalue weighted by Gasteiger charge is 2.21. The van der Waals surface area contributed by atoms with Crippen LogP contribution in [0.25, 0.3) is 0 Å². The number of aliphatic imine (C=N–C) groups is 1. The Bertz CT molecular complexity index is 1080. The zero-order valence-electron chi connectivity index (χ0n) is 20.4. The van der Waals surface area contributed by atoms with Crippen LogP contribution in [0.5, 0.6) is 0 Å². The zero-order chi connectivity index (χ0) is 24.3. The van der Waals surface area contributed by atoms with Crippen LogP contribution in [-0.2, 0) is 11.3 Å². The number of carbonyl (C=O) groups is 1. The van der Waals surface area contributed by atoms with Crippen molar-refractivity contribution in [1.29, 1.82) is 0 Å². The first-order chi connectivity index (χ1) is 17.2. The first-order valence-electron chi connectivity index (χ1n) is 12.6. The summed E-state index contributed by atoms with van der Waals surface area (Å²) in [5, 5.41) is 3.29. The van der Waals surface area contributed by atoms with Gasteiger partial charge < -0.3 is 16.0 Å². The van der Waals surface area contributed by atoms with Crippen molar-refractivity contribution < 1.29 is 4.79 Å². The maximum atomic E-state index is 12.6. The van der Waals surface area contributed by atoms with Crippen LogP contribution in [0.3, 0.4) is 0 Å². The fraction of sp³-hybridized carbons (Fsp3) is 0.333. The molecule has 0 radical (unpaired) electrons. The SMILES string of the molecule is NC(=NC(=O)C1CCNCC1)C1=CCC(N(C/C2=C/C/C=C\C=CC2)Cc2ccccc2)=CC=C1. The van der Waals surface area contributed by atoms with Gasteiger partial charge in [-0.05, 0) is 50.4 Å². The molecule has 35 heavy (non-hydrogen) atoms. The van der Waals surface area contributed by atoms with Gasteiger partial charge in [0.15, 0.2) is 0 Å². The molecule has 1 aromatic rings. The van der Waals surface area contributed by atoms with Gasteiger partial charge in [0.1, 0.15) is 5.84 Å². The highest BCUT2D eigenvalue weighted by molar-refractivity contribution is 6.06. The summed E-state index contributed by atoms with van der Waals surface area (Å²) < 4.78 is 0. The van der Waals surface area contributed by atoms with Gasteiger partial charge in [0.05, 0.1) is 0 Å². The Morgan fingerprint density at radius 3 is 2.63 bits per heavy atom. The number of nitrogens with one attached hydrogen (secondary N) is 1. The van der Waals surface area contributed by atoms with Gasteiger partial charge in [-0.1, -0.05) is 84.5 Å². The Labute approximate surface area is 209 Å². The van der Waals surface area contributed by atoms with Gasteiger partial charge in [-0.3, -0.25) is 4.79 Å². The van der Waals surface area contributed by atoms with Crippen molar-refractivity contribution in [3.63, 3.8) is 0 Å². The van der Waals surface area contributed by atoms with Crippen LogP contribution >= 0.6 is 0 Å². The second-order valence-electron chi connectivity index (χ2n) is 9.24. The van der Waals surface area contributed by atoms with Gasteiger partial charge in [0.25, 0.3) is 5.91 Å². The number of hydrogen-bond donors (Lipinski definition) is 2. The molecule has 182 valence electrons. The summed E-state index contributed by atoms with van der Waals surface area (Å²) in [6, 6.07) is 10.6. The van der Waals surface area contributed by atoms with Gasteiger partial charge in [-0.2, -0.15) is 4.99 Å². The first-order valence-corrected chi connectivity index (χ1v) is 12.6. The number of hydrogen-bond acceptors (Lipinski definition) is 3. The van der Waals surface area contributed by atoms with E-state index in [1.54, 1.807) is 0 Å². The van der Waals surface area contributed by atoms with Crippen molar-refractivity contribution >= 4 is 11.7 Å². The summed E-state index contributed by atoms with van der Waals surface area (Å²) in [7, 11) is 0. The van der Waals surface area contributed by atoms with Gasteiger partial charge in [0, 0.05) is 36.7 Å². The van der Waals surface area contributed by atoms with E-state index >= 15 is 0 Å². The number of benzene rings is 1. The van der Waals surface area contributed by atoms with Gasteiger partial charge in [0.2, 0.25) is 0 Å². The molecule has 5 heteroatoms. The van der Waals surface area contributed by atoms with Crippen molar-refractivity contribution in [3.05, 3.63) is 107 Å². The van der Waals surface area contributed by atoms with Gasteiger partial charge in [-0.15, -0.1) is 0 Å². The molecule has 0 unspecified atom stereocenters.